The fraction of sp³-hybridized carbons (Fsp3) is 0.583. The number of ether oxygens (including phenoxy) is 2. The molecule has 1 aromatic carbocycles. The van der Waals surface area contributed by atoms with Crippen molar-refractivity contribution < 1.29 is 22.7 Å². The lowest BCUT2D eigenvalue weighted by molar-refractivity contribution is -0.131. The van der Waals surface area contributed by atoms with E-state index in [-0.39, 0.29) is 23.9 Å². The minimum absolute atomic E-state index is 0.0491. The van der Waals surface area contributed by atoms with Crippen LogP contribution in [0.15, 0.2) is 34.6 Å². The highest BCUT2D eigenvalue weighted by Gasteiger charge is 2.37. The molecule has 0 radical (unpaired) electrons. The Morgan fingerprint density at radius 3 is 2.62 bits per heavy atom. The number of aryl methyl sites for hydroxylation is 1. The molecule has 0 atom stereocenters. The summed E-state index contributed by atoms with van der Waals surface area (Å²) >= 11 is 0. The van der Waals surface area contributed by atoms with E-state index in [2.05, 4.69) is 17.4 Å². The number of nitrogens with zero attached hydrogens (tertiary/aromatic N) is 2. The number of hydrogen-bond donors (Lipinski definition) is 0. The second-order valence-electron chi connectivity index (χ2n) is 9.29. The maximum Gasteiger partial charge on any atom is 0.265 e. The van der Waals surface area contributed by atoms with Gasteiger partial charge in [0, 0.05) is 12.1 Å². The Morgan fingerprint density at radius 2 is 1.88 bits per heavy atom. The summed E-state index contributed by atoms with van der Waals surface area (Å²) in [5.74, 6) is 0.947. The molecular formula is C24H30N2O5S. The largest absolute Gasteiger partial charge is 0.496 e. The normalized spacial score (nSPS) is 29.4. The van der Waals surface area contributed by atoms with Gasteiger partial charge in [-0.2, -0.15) is 4.40 Å². The van der Waals surface area contributed by atoms with E-state index in [0.29, 0.717) is 49.6 Å². The van der Waals surface area contributed by atoms with Crippen LogP contribution in [0.2, 0.25) is 0 Å². The maximum absolute atomic E-state index is 13.2. The summed E-state index contributed by atoms with van der Waals surface area (Å²) in [6.07, 6.45) is 7.91. The van der Waals surface area contributed by atoms with Crippen LogP contribution in [0.4, 0.5) is 0 Å². The lowest BCUT2D eigenvalue weighted by atomic mass is 9.80. The van der Waals surface area contributed by atoms with Crippen LogP contribution in [0.25, 0.3) is 0 Å². The highest BCUT2D eigenvalue weighted by Crippen LogP contribution is 2.40. The molecular weight excluding hydrogens is 428 g/mol. The van der Waals surface area contributed by atoms with E-state index in [1.54, 1.807) is 11.2 Å². The molecule has 3 heterocycles. The van der Waals surface area contributed by atoms with Crippen LogP contribution in [-0.4, -0.2) is 49.4 Å². The average Bonchev–Trinajstić information content (AvgIpc) is 3.62. The zero-order valence-electron chi connectivity index (χ0n) is 18.5. The van der Waals surface area contributed by atoms with Crippen molar-refractivity contribution in [1.29, 1.82) is 0 Å². The van der Waals surface area contributed by atoms with E-state index < -0.39 is 10.0 Å². The second kappa shape index (κ2) is 8.54. The summed E-state index contributed by atoms with van der Waals surface area (Å²) in [7, 11) is -3.54. The molecule has 2 bridgehead atoms. The van der Waals surface area contributed by atoms with Crippen molar-refractivity contribution >= 4 is 21.6 Å². The van der Waals surface area contributed by atoms with Crippen molar-refractivity contribution in [3.8, 4) is 5.75 Å². The minimum Gasteiger partial charge on any atom is -0.496 e. The van der Waals surface area contributed by atoms with Gasteiger partial charge < -0.3 is 14.4 Å². The fourth-order valence-corrected chi connectivity index (χ4v) is 6.43. The van der Waals surface area contributed by atoms with Crippen LogP contribution in [-0.2, 0) is 19.6 Å². The number of carbonyl (C=O) groups excluding carboxylic acids is 1. The van der Waals surface area contributed by atoms with Crippen molar-refractivity contribution in [1.82, 2.24) is 4.90 Å². The molecule has 7 nitrogen and oxygen atoms in total. The molecule has 5 aliphatic rings. The van der Waals surface area contributed by atoms with E-state index >= 15 is 0 Å². The topological polar surface area (TPSA) is 85.3 Å². The number of allylic oxidation sites excluding steroid dienone is 1. The first-order valence-corrected chi connectivity index (χ1v) is 13.1. The standard InChI is InChI=1S/C24H30N2O5S/c1-16-4-2-6-22-24(16)17-7-9-18(10-8-17)30-14-21-20(25-32(28,29)19-11-12-19)5-3-13-26(21)23(27)15-31-22/h2,4,6,14,17-19H,3,5,7-13,15H2,1H3/b21-14-,25-20+. The monoisotopic (exact) mass is 458 g/mol. The Hall–Kier alpha value is -2.35. The molecule has 32 heavy (non-hydrogen) atoms. The van der Waals surface area contributed by atoms with Gasteiger partial charge in [0.1, 0.15) is 17.7 Å². The van der Waals surface area contributed by atoms with Crippen LogP contribution >= 0.6 is 0 Å². The van der Waals surface area contributed by atoms with E-state index in [1.807, 2.05) is 12.1 Å². The summed E-state index contributed by atoms with van der Waals surface area (Å²) in [6.45, 7) is 2.48. The van der Waals surface area contributed by atoms with Crippen molar-refractivity contribution in [2.45, 2.75) is 75.6 Å². The lowest BCUT2D eigenvalue weighted by Crippen LogP contribution is -2.41. The summed E-state index contributed by atoms with van der Waals surface area (Å²) in [5, 5.41) is -0.379. The van der Waals surface area contributed by atoms with Crippen molar-refractivity contribution in [3.05, 3.63) is 41.3 Å². The van der Waals surface area contributed by atoms with Gasteiger partial charge in [-0.3, -0.25) is 4.79 Å². The first-order chi connectivity index (χ1) is 15.4. The Balaban J connectivity index is 1.50. The zero-order chi connectivity index (χ0) is 22.3. The Bertz CT molecular complexity index is 1070. The molecule has 0 spiro atoms. The van der Waals surface area contributed by atoms with Crippen LogP contribution in [0.1, 0.15) is 68.4 Å². The number of fused-ring (bicyclic) bond motifs is 5. The number of piperidine rings is 1. The molecule has 8 heteroatoms. The molecule has 172 valence electrons. The van der Waals surface area contributed by atoms with Gasteiger partial charge in [0.25, 0.3) is 15.9 Å². The molecule has 3 aliphatic heterocycles. The Labute approximate surface area is 189 Å². The van der Waals surface area contributed by atoms with Crippen LogP contribution in [0.5, 0.6) is 5.75 Å². The lowest BCUT2D eigenvalue weighted by Gasteiger charge is -2.31. The number of sulfonamides is 1. The van der Waals surface area contributed by atoms with Gasteiger partial charge in [-0.1, -0.05) is 12.1 Å². The zero-order valence-corrected chi connectivity index (χ0v) is 19.3. The predicted octanol–water partition coefficient (Wildman–Crippen LogP) is 3.83. The summed E-state index contributed by atoms with van der Waals surface area (Å²) < 4.78 is 41.4. The van der Waals surface area contributed by atoms with Gasteiger partial charge in [-0.05, 0) is 75.8 Å². The summed E-state index contributed by atoms with van der Waals surface area (Å²) in [5.41, 5.74) is 3.28. The number of hydrogen-bond acceptors (Lipinski definition) is 5. The van der Waals surface area contributed by atoms with Crippen molar-refractivity contribution in [3.63, 3.8) is 0 Å². The molecule has 0 unspecified atom stereocenters. The number of amides is 1. The summed E-state index contributed by atoms with van der Waals surface area (Å²) in [6, 6.07) is 6.00. The van der Waals surface area contributed by atoms with Crippen molar-refractivity contribution in [2.24, 2.45) is 4.40 Å². The van der Waals surface area contributed by atoms with Crippen LogP contribution in [0, 0.1) is 6.92 Å². The Morgan fingerprint density at radius 1 is 1.09 bits per heavy atom. The van der Waals surface area contributed by atoms with E-state index in [0.717, 1.165) is 31.4 Å². The molecule has 2 saturated carbocycles. The number of rotatable bonds is 2. The third kappa shape index (κ3) is 4.29. The van der Waals surface area contributed by atoms with E-state index in [9.17, 15) is 13.2 Å². The average molecular weight is 459 g/mol. The van der Waals surface area contributed by atoms with E-state index in [4.69, 9.17) is 9.47 Å². The molecule has 6 rings (SSSR count). The highest BCUT2D eigenvalue weighted by molar-refractivity contribution is 7.91. The molecule has 1 saturated heterocycles. The number of benzene rings is 1. The second-order valence-corrected chi connectivity index (χ2v) is 11.2. The molecule has 0 aromatic heterocycles. The first kappa shape index (κ1) is 21.5. The van der Waals surface area contributed by atoms with Gasteiger partial charge in [0.05, 0.1) is 17.1 Å². The Kier molecular flexibility index (Phi) is 5.73. The molecule has 2 aliphatic carbocycles. The maximum atomic E-state index is 13.2. The van der Waals surface area contributed by atoms with Crippen LogP contribution < -0.4 is 4.74 Å². The van der Waals surface area contributed by atoms with Gasteiger partial charge in [-0.25, -0.2) is 8.42 Å². The third-order valence-electron chi connectivity index (χ3n) is 6.96. The number of carbonyl (C=O) groups is 1. The van der Waals surface area contributed by atoms with Gasteiger partial charge >= 0.3 is 0 Å². The third-order valence-corrected chi connectivity index (χ3v) is 8.74. The molecule has 0 N–H and O–H groups in total. The quantitative estimate of drug-likeness (QED) is 0.672. The van der Waals surface area contributed by atoms with Crippen molar-refractivity contribution in [2.75, 3.05) is 13.2 Å². The van der Waals surface area contributed by atoms with Gasteiger partial charge in [-0.15, -0.1) is 0 Å². The van der Waals surface area contributed by atoms with Gasteiger partial charge in [0.15, 0.2) is 6.61 Å². The highest BCUT2D eigenvalue weighted by atomic mass is 32.2. The summed E-state index contributed by atoms with van der Waals surface area (Å²) in [4.78, 5) is 14.8. The molecule has 3 fully saturated rings. The van der Waals surface area contributed by atoms with E-state index in [1.165, 1.54) is 11.1 Å². The SMILES string of the molecule is Cc1cccc2c1C1CCC(CC1)O/C=C1/C(=N/S(=O)(=O)C3CC3)CCCN1C(=O)CO2. The predicted molar refractivity (Wildman–Crippen MR) is 121 cm³/mol. The fourth-order valence-electron chi connectivity index (χ4n) is 5.05. The minimum atomic E-state index is -3.54. The van der Waals surface area contributed by atoms with Gasteiger partial charge in [0.2, 0.25) is 0 Å². The first-order valence-electron chi connectivity index (χ1n) is 11.6. The molecule has 1 aromatic rings. The van der Waals surface area contributed by atoms with Crippen LogP contribution in [0.3, 0.4) is 0 Å². The smallest absolute Gasteiger partial charge is 0.265 e. The molecule has 1 amide bonds.